The third kappa shape index (κ3) is 6.05. The fourth-order valence-electron chi connectivity index (χ4n) is 4.01. The minimum Gasteiger partial charge on any atom is -0.368 e. The molecule has 1 saturated carbocycles. The number of ether oxygens (including phenoxy) is 1. The van der Waals surface area contributed by atoms with Gasteiger partial charge in [-0.3, -0.25) is 10.1 Å². The van der Waals surface area contributed by atoms with E-state index < -0.39 is 18.2 Å². The first-order chi connectivity index (χ1) is 15.7. The SMILES string of the molecule is O=C(COC1CC(C(F)(F)F)C1)NC1CCN(C(=O)Nc2ccc3cc(Cl)ccc3n2)CC1. The molecule has 178 valence electrons. The number of urea groups is 1. The highest BCUT2D eigenvalue weighted by atomic mass is 35.5. The van der Waals surface area contributed by atoms with Crippen molar-refractivity contribution in [1.82, 2.24) is 15.2 Å². The topological polar surface area (TPSA) is 83.6 Å². The van der Waals surface area contributed by atoms with Gasteiger partial charge in [0.15, 0.2) is 0 Å². The number of amides is 3. The van der Waals surface area contributed by atoms with Gasteiger partial charge in [-0.05, 0) is 56.0 Å². The molecule has 2 N–H and O–H groups in total. The van der Waals surface area contributed by atoms with Crippen LogP contribution in [0.4, 0.5) is 23.8 Å². The van der Waals surface area contributed by atoms with Crippen molar-refractivity contribution >= 4 is 40.3 Å². The fourth-order valence-corrected chi connectivity index (χ4v) is 4.19. The fraction of sp³-hybridized carbons (Fsp3) is 0.500. The zero-order valence-corrected chi connectivity index (χ0v) is 18.5. The van der Waals surface area contributed by atoms with E-state index >= 15 is 0 Å². The maximum Gasteiger partial charge on any atom is 0.392 e. The molecule has 1 saturated heterocycles. The number of benzene rings is 1. The van der Waals surface area contributed by atoms with Gasteiger partial charge in [0.05, 0.1) is 17.5 Å². The number of likely N-dealkylation sites (tertiary alicyclic amines) is 1. The van der Waals surface area contributed by atoms with Gasteiger partial charge in [0.1, 0.15) is 12.4 Å². The summed E-state index contributed by atoms with van der Waals surface area (Å²) < 4.78 is 42.7. The number of nitrogens with zero attached hydrogens (tertiary/aromatic N) is 2. The number of fused-ring (bicyclic) bond motifs is 1. The Bertz CT molecular complexity index is 1020. The van der Waals surface area contributed by atoms with E-state index in [1.807, 2.05) is 6.07 Å². The van der Waals surface area contributed by atoms with Gasteiger partial charge in [-0.1, -0.05) is 11.6 Å². The standard InChI is InChI=1S/C22H24ClF3N4O3/c23-15-2-3-18-13(9-15)1-4-19(28-18)29-21(32)30-7-5-16(6-8-30)27-20(31)12-33-17-10-14(11-17)22(24,25)26/h1-4,9,14,16-17H,5-8,10-12H2,(H,27,31)(H,28,29,32). The molecule has 1 aromatic heterocycles. The van der Waals surface area contributed by atoms with Crippen LogP contribution < -0.4 is 10.6 Å². The van der Waals surface area contributed by atoms with Gasteiger partial charge in [-0.25, -0.2) is 9.78 Å². The van der Waals surface area contributed by atoms with Gasteiger partial charge in [-0.2, -0.15) is 13.2 Å². The van der Waals surface area contributed by atoms with Crippen molar-refractivity contribution in [2.75, 3.05) is 25.0 Å². The molecule has 1 aliphatic heterocycles. The Morgan fingerprint density at radius 1 is 1.15 bits per heavy atom. The van der Waals surface area contributed by atoms with Crippen LogP contribution in [0.25, 0.3) is 10.9 Å². The Morgan fingerprint density at radius 2 is 1.88 bits per heavy atom. The maximum atomic E-state index is 12.6. The molecule has 2 fully saturated rings. The number of nitrogens with one attached hydrogen (secondary N) is 2. The molecule has 0 spiro atoms. The molecule has 7 nitrogen and oxygen atoms in total. The van der Waals surface area contributed by atoms with Crippen LogP contribution in [0.5, 0.6) is 0 Å². The van der Waals surface area contributed by atoms with Gasteiger partial charge in [0.25, 0.3) is 0 Å². The number of carbonyl (C=O) groups is 2. The molecule has 1 aromatic carbocycles. The lowest BCUT2D eigenvalue weighted by atomic mass is 9.82. The smallest absolute Gasteiger partial charge is 0.368 e. The molecule has 0 radical (unpaired) electrons. The first kappa shape index (κ1) is 23.6. The molecule has 33 heavy (non-hydrogen) atoms. The lowest BCUT2D eigenvalue weighted by Gasteiger charge is -2.36. The number of anilines is 1. The molecule has 11 heteroatoms. The summed E-state index contributed by atoms with van der Waals surface area (Å²) in [6, 6.07) is 8.47. The van der Waals surface area contributed by atoms with Crippen molar-refractivity contribution < 1.29 is 27.5 Å². The summed E-state index contributed by atoms with van der Waals surface area (Å²) in [5.41, 5.74) is 0.719. The summed E-state index contributed by atoms with van der Waals surface area (Å²) in [6.07, 6.45) is -3.76. The molecule has 1 aliphatic carbocycles. The number of aromatic nitrogens is 1. The average molecular weight is 485 g/mol. The van der Waals surface area contributed by atoms with Crippen LogP contribution in [-0.2, 0) is 9.53 Å². The number of alkyl halides is 3. The van der Waals surface area contributed by atoms with E-state index in [-0.39, 0.29) is 37.4 Å². The normalized spacial score (nSPS) is 21.5. The van der Waals surface area contributed by atoms with E-state index in [9.17, 15) is 22.8 Å². The number of piperidine rings is 1. The molecule has 2 aliphatic rings. The Kier molecular flexibility index (Phi) is 6.94. The molecule has 4 rings (SSSR count). The Labute approximate surface area is 193 Å². The van der Waals surface area contributed by atoms with Crippen LogP contribution in [-0.4, -0.2) is 59.8 Å². The highest BCUT2D eigenvalue weighted by Crippen LogP contribution is 2.42. The van der Waals surface area contributed by atoms with Crippen LogP contribution in [0.3, 0.4) is 0 Å². The van der Waals surface area contributed by atoms with Crippen molar-refractivity contribution in [3.8, 4) is 0 Å². The van der Waals surface area contributed by atoms with Gasteiger partial charge in [-0.15, -0.1) is 0 Å². The van der Waals surface area contributed by atoms with Crippen molar-refractivity contribution in [3.63, 3.8) is 0 Å². The monoisotopic (exact) mass is 484 g/mol. The summed E-state index contributed by atoms with van der Waals surface area (Å²) >= 11 is 5.97. The van der Waals surface area contributed by atoms with Gasteiger partial charge in [0, 0.05) is 29.5 Å². The summed E-state index contributed by atoms with van der Waals surface area (Å²) in [6.45, 7) is 0.655. The van der Waals surface area contributed by atoms with E-state index in [0.29, 0.717) is 36.8 Å². The summed E-state index contributed by atoms with van der Waals surface area (Å²) in [4.78, 5) is 30.7. The van der Waals surface area contributed by atoms with E-state index in [2.05, 4.69) is 15.6 Å². The predicted octanol–water partition coefficient (Wildman–Crippen LogP) is 4.36. The second-order valence-electron chi connectivity index (χ2n) is 8.44. The second kappa shape index (κ2) is 9.72. The average Bonchev–Trinajstić information content (AvgIpc) is 2.72. The first-order valence-corrected chi connectivity index (χ1v) is 11.1. The number of hydrogen-bond donors (Lipinski definition) is 2. The van der Waals surface area contributed by atoms with Crippen LogP contribution in [0, 0.1) is 5.92 Å². The first-order valence-electron chi connectivity index (χ1n) is 10.8. The minimum absolute atomic E-state index is 0.0932. The lowest BCUT2D eigenvalue weighted by Crippen LogP contribution is -2.49. The highest BCUT2D eigenvalue weighted by Gasteiger charge is 2.48. The predicted molar refractivity (Wildman–Crippen MR) is 117 cm³/mol. The Hall–Kier alpha value is -2.59. The lowest BCUT2D eigenvalue weighted by molar-refractivity contribution is -0.219. The van der Waals surface area contributed by atoms with E-state index in [1.165, 1.54) is 0 Å². The quantitative estimate of drug-likeness (QED) is 0.660. The summed E-state index contributed by atoms with van der Waals surface area (Å²) in [7, 11) is 0. The van der Waals surface area contributed by atoms with Gasteiger partial charge < -0.3 is 15.0 Å². The Morgan fingerprint density at radius 3 is 2.58 bits per heavy atom. The van der Waals surface area contributed by atoms with Crippen LogP contribution in [0.2, 0.25) is 5.02 Å². The zero-order chi connectivity index (χ0) is 23.6. The molecule has 0 bridgehead atoms. The zero-order valence-electron chi connectivity index (χ0n) is 17.7. The molecule has 2 heterocycles. The van der Waals surface area contributed by atoms with E-state index in [4.69, 9.17) is 16.3 Å². The molecular formula is C22H24ClF3N4O3. The Balaban J connectivity index is 1.17. The minimum atomic E-state index is -4.19. The number of carbonyl (C=O) groups excluding carboxylic acids is 2. The highest BCUT2D eigenvalue weighted by molar-refractivity contribution is 6.31. The number of hydrogen-bond acceptors (Lipinski definition) is 4. The van der Waals surface area contributed by atoms with Crippen LogP contribution in [0.1, 0.15) is 25.7 Å². The molecular weight excluding hydrogens is 461 g/mol. The number of pyridine rings is 1. The van der Waals surface area contributed by atoms with Crippen molar-refractivity contribution in [2.45, 2.75) is 44.0 Å². The van der Waals surface area contributed by atoms with Crippen molar-refractivity contribution in [2.24, 2.45) is 5.92 Å². The number of halogens is 4. The largest absolute Gasteiger partial charge is 0.392 e. The third-order valence-electron chi connectivity index (χ3n) is 6.04. The molecule has 2 aromatic rings. The van der Waals surface area contributed by atoms with E-state index in [0.717, 1.165) is 10.9 Å². The van der Waals surface area contributed by atoms with E-state index in [1.54, 1.807) is 29.2 Å². The van der Waals surface area contributed by atoms with Crippen LogP contribution in [0.15, 0.2) is 30.3 Å². The van der Waals surface area contributed by atoms with Crippen molar-refractivity contribution in [1.29, 1.82) is 0 Å². The molecule has 0 atom stereocenters. The van der Waals surface area contributed by atoms with Crippen molar-refractivity contribution in [3.05, 3.63) is 35.4 Å². The van der Waals surface area contributed by atoms with Gasteiger partial charge in [0.2, 0.25) is 5.91 Å². The maximum absolute atomic E-state index is 12.6. The van der Waals surface area contributed by atoms with Gasteiger partial charge >= 0.3 is 12.2 Å². The third-order valence-corrected chi connectivity index (χ3v) is 6.28. The molecule has 0 unspecified atom stereocenters. The summed E-state index contributed by atoms with van der Waals surface area (Å²) in [5, 5.41) is 7.10. The molecule has 3 amide bonds. The second-order valence-corrected chi connectivity index (χ2v) is 8.87. The summed E-state index contributed by atoms with van der Waals surface area (Å²) in [5.74, 6) is -1.25. The number of rotatable bonds is 5. The van der Waals surface area contributed by atoms with Crippen LogP contribution >= 0.6 is 11.6 Å².